The molecule has 35 heavy (non-hydrogen) atoms. The lowest BCUT2D eigenvalue weighted by molar-refractivity contribution is -0.145. The second-order valence-electron chi connectivity index (χ2n) is 11.1. The summed E-state index contributed by atoms with van der Waals surface area (Å²) in [6.45, 7) is 10.3. The number of esters is 1. The van der Waals surface area contributed by atoms with E-state index in [0.29, 0.717) is 44.2 Å². The summed E-state index contributed by atoms with van der Waals surface area (Å²) in [7, 11) is 0. The summed E-state index contributed by atoms with van der Waals surface area (Å²) >= 11 is 0. The first-order valence-corrected chi connectivity index (χ1v) is 13.2. The number of likely N-dealkylation sites (tertiary alicyclic amines) is 1. The zero-order valence-corrected chi connectivity index (χ0v) is 22.1. The highest BCUT2D eigenvalue weighted by atomic mass is 16.6. The van der Waals surface area contributed by atoms with Crippen molar-refractivity contribution in [2.24, 2.45) is 23.5 Å². The Morgan fingerprint density at radius 1 is 1.11 bits per heavy atom. The third-order valence-electron chi connectivity index (χ3n) is 6.76. The van der Waals surface area contributed by atoms with Crippen molar-refractivity contribution < 1.29 is 28.7 Å². The lowest BCUT2D eigenvalue weighted by atomic mass is 9.96. The Labute approximate surface area is 209 Å². The van der Waals surface area contributed by atoms with Gasteiger partial charge in [0.15, 0.2) is 0 Å². The van der Waals surface area contributed by atoms with Crippen molar-refractivity contribution in [1.82, 2.24) is 10.2 Å². The number of hydrogen-bond acceptors (Lipinski definition) is 6. The lowest BCUT2D eigenvalue weighted by Gasteiger charge is -2.29. The molecule has 1 saturated carbocycles. The fraction of sp³-hybridized carbons (Fsp3) is 0.846. The van der Waals surface area contributed by atoms with Crippen LogP contribution in [-0.4, -0.2) is 59.6 Å². The van der Waals surface area contributed by atoms with Crippen molar-refractivity contribution in [3.05, 3.63) is 0 Å². The molecule has 3 amide bonds. The lowest BCUT2D eigenvalue weighted by Crippen LogP contribution is -2.53. The molecule has 0 aromatic carbocycles. The number of rotatable bonds is 13. The normalized spacial score (nSPS) is 23.3. The molecule has 3 N–H and O–H groups in total. The van der Waals surface area contributed by atoms with E-state index in [9.17, 15) is 19.2 Å². The molecule has 5 atom stereocenters. The van der Waals surface area contributed by atoms with Gasteiger partial charge in [-0.2, -0.15) is 0 Å². The SMILES string of the molecule is CCOC(=O)[C@H]1C[C@H]1C[C@H](C)CCCCC[C@H](NC(=O)OC(C)(C)C)C(=O)N1CCC[C@H]1C(N)=O. The molecule has 0 radical (unpaired) electrons. The summed E-state index contributed by atoms with van der Waals surface area (Å²) < 4.78 is 10.5. The molecule has 200 valence electrons. The third kappa shape index (κ3) is 9.68. The van der Waals surface area contributed by atoms with E-state index in [1.165, 1.54) is 4.90 Å². The largest absolute Gasteiger partial charge is 0.466 e. The average Bonchev–Trinajstić information content (AvgIpc) is 3.32. The van der Waals surface area contributed by atoms with Gasteiger partial charge in [-0.3, -0.25) is 14.4 Å². The molecule has 9 heteroatoms. The van der Waals surface area contributed by atoms with E-state index in [1.807, 2.05) is 6.92 Å². The number of carbonyl (C=O) groups excluding carboxylic acids is 4. The van der Waals surface area contributed by atoms with Crippen molar-refractivity contribution in [3.63, 3.8) is 0 Å². The van der Waals surface area contributed by atoms with Crippen LogP contribution in [0.25, 0.3) is 0 Å². The maximum atomic E-state index is 13.2. The van der Waals surface area contributed by atoms with E-state index < -0.39 is 29.7 Å². The van der Waals surface area contributed by atoms with Gasteiger partial charge in [0.2, 0.25) is 11.8 Å². The van der Waals surface area contributed by atoms with Crippen molar-refractivity contribution >= 4 is 23.9 Å². The second kappa shape index (κ2) is 13.1. The van der Waals surface area contributed by atoms with Gasteiger partial charge in [0.25, 0.3) is 0 Å². The molecule has 1 aliphatic heterocycles. The summed E-state index contributed by atoms with van der Waals surface area (Å²) in [5.41, 5.74) is 4.81. The van der Waals surface area contributed by atoms with E-state index in [4.69, 9.17) is 15.2 Å². The van der Waals surface area contributed by atoms with Crippen LogP contribution in [-0.2, 0) is 23.9 Å². The van der Waals surface area contributed by atoms with Crippen molar-refractivity contribution in [1.29, 1.82) is 0 Å². The molecule has 1 saturated heterocycles. The summed E-state index contributed by atoms with van der Waals surface area (Å²) in [5, 5.41) is 2.72. The number of amides is 3. The average molecular weight is 496 g/mol. The molecule has 0 aromatic rings. The minimum absolute atomic E-state index is 0.0607. The maximum absolute atomic E-state index is 13.2. The number of ether oxygens (including phenoxy) is 2. The Hall–Kier alpha value is -2.32. The number of hydrogen-bond donors (Lipinski definition) is 2. The molecule has 2 fully saturated rings. The van der Waals surface area contributed by atoms with Crippen LogP contribution in [0, 0.1) is 17.8 Å². The number of unbranched alkanes of at least 4 members (excludes halogenated alkanes) is 2. The van der Waals surface area contributed by atoms with Gasteiger partial charge in [0, 0.05) is 6.54 Å². The Kier molecular flexibility index (Phi) is 10.8. The fourth-order valence-electron chi connectivity index (χ4n) is 4.93. The van der Waals surface area contributed by atoms with Gasteiger partial charge >= 0.3 is 12.1 Å². The van der Waals surface area contributed by atoms with Gasteiger partial charge in [0.1, 0.15) is 17.7 Å². The number of nitrogens with one attached hydrogen (secondary N) is 1. The number of nitrogens with two attached hydrogens (primary N) is 1. The van der Waals surface area contributed by atoms with E-state index in [0.717, 1.165) is 38.5 Å². The van der Waals surface area contributed by atoms with Gasteiger partial charge in [0.05, 0.1) is 12.5 Å². The first-order chi connectivity index (χ1) is 16.4. The van der Waals surface area contributed by atoms with Crippen LogP contribution >= 0.6 is 0 Å². The topological polar surface area (TPSA) is 128 Å². The van der Waals surface area contributed by atoms with Crippen molar-refractivity contribution in [3.8, 4) is 0 Å². The Morgan fingerprint density at radius 3 is 2.43 bits per heavy atom. The van der Waals surface area contributed by atoms with Gasteiger partial charge in [-0.05, 0) is 71.6 Å². The molecule has 2 rings (SSSR count). The molecule has 1 aliphatic carbocycles. The molecule has 0 spiro atoms. The zero-order chi connectivity index (χ0) is 26.2. The van der Waals surface area contributed by atoms with E-state index in [-0.39, 0.29) is 17.8 Å². The smallest absolute Gasteiger partial charge is 0.408 e. The highest BCUT2D eigenvalue weighted by Gasteiger charge is 2.44. The number of carbonyl (C=O) groups is 4. The Bertz CT molecular complexity index is 750. The van der Waals surface area contributed by atoms with Crippen molar-refractivity contribution in [2.75, 3.05) is 13.2 Å². The molecule has 0 aromatic heterocycles. The van der Waals surface area contributed by atoms with E-state index in [2.05, 4.69) is 12.2 Å². The molecule has 9 nitrogen and oxygen atoms in total. The van der Waals surface area contributed by atoms with Crippen LogP contribution in [0.15, 0.2) is 0 Å². The Morgan fingerprint density at radius 2 is 1.80 bits per heavy atom. The number of alkyl carbamates (subject to hydrolysis) is 1. The summed E-state index contributed by atoms with van der Waals surface area (Å²) in [6.07, 6.45) is 6.84. The maximum Gasteiger partial charge on any atom is 0.408 e. The van der Waals surface area contributed by atoms with Gasteiger partial charge in [-0.15, -0.1) is 0 Å². The van der Waals surface area contributed by atoms with Crippen LogP contribution in [0.2, 0.25) is 0 Å². The van der Waals surface area contributed by atoms with Gasteiger partial charge < -0.3 is 25.4 Å². The minimum Gasteiger partial charge on any atom is -0.466 e. The summed E-state index contributed by atoms with van der Waals surface area (Å²) in [6, 6.07) is -1.37. The van der Waals surface area contributed by atoms with Crippen LogP contribution in [0.4, 0.5) is 4.79 Å². The van der Waals surface area contributed by atoms with Crippen LogP contribution in [0.5, 0.6) is 0 Å². The van der Waals surface area contributed by atoms with Crippen LogP contribution in [0.3, 0.4) is 0 Å². The first kappa shape index (κ1) is 28.9. The number of nitrogens with zero attached hydrogens (tertiary/aromatic N) is 1. The predicted octanol–water partition coefficient (Wildman–Crippen LogP) is 3.53. The monoisotopic (exact) mass is 495 g/mol. The zero-order valence-electron chi connectivity index (χ0n) is 22.1. The first-order valence-electron chi connectivity index (χ1n) is 13.2. The molecule has 2 aliphatic rings. The minimum atomic E-state index is -0.751. The summed E-state index contributed by atoms with van der Waals surface area (Å²) in [5.74, 6) is 0.207. The van der Waals surface area contributed by atoms with Crippen LogP contribution in [0.1, 0.15) is 92.4 Å². The highest BCUT2D eigenvalue weighted by molar-refractivity contribution is 5.91. The second-order valence-corrected chi connectivity index (χ2v) is 11.1. The highest BCUT2D eigenvalue weighted by Crippen LogP contribution is 2.44. The summed E-state index contributed by atoms with van der Waals surface area (Å²) in [4.78, 5) is 50.7. The fourth-order valence-corrected chi connectivity index (χ4v) is 4.93. The molecule has 0 unspecified atom stereocenters. The Balaban J connectivity index is 1.80. The molecule has 1 heterocycles. The van der Waals surface area contributed by atoms with Gasteiger partial charge in [-0.1, -0.05) is 32.6 Å². The molecular formula is C26H45N3O6. The standard InChI is InChI=1S/C26H45N3O6/c1-6-34-24(32)19-16-18(19)15-17(2)11-8-7-9-12-20(28-25(33)35-26(3,4)5)23(31)29-14-10-13-21(29)22(27)30/h17-21H,6-16H2,1-5H3,(H2,27,30)(H,28,33)/t17-,18-,19+,20+,21+/m1/s1. The number of primary amides is 1. The quantitative estimate of drug-likeness (QED) is 0.297. The molecular weight excluding hydrogens is 450 g/mol. The predicted molar refractivity (Wildman–Crippen MR) is 132 cm³/mol. The van der Waals surface area contributed by atoms with Gasteiger partial charge in [-0.25, -0.2) is 4.79 Å². The van der Waals surface area contributed by atoms with E-state index in [1.54, 1.807) is 20.8 Å². The van der Waals surface area contributed by atoms with Crippen molar-refractivity contribution in [2.45, 2.75) is 110 Å². The molecule has 0 bridgehead atoms. The van der Waals surface area contributed by atoms with E-state index >= 15 is 0 Å². The third-order valence-corrected chi connectivity index (χ3v) is 6.76. The van der Waals surface area contributed by atoms with Crippen LogP contribution < -0.4 is 11.1 Å².